The van der Waals surface area contributed by atoms with Gasteiger partial charge in [-0.1, -0.05) is 0 Å². The van der Waals surface area contributed by atoms with Gasteiger partial charge in [-0.05, 0) is 12.1 Å². The summed E-state index contributed by atoms with van der Waals surface area (Å²) in [6.07, 6.45) is 2.69. The summed E-state index contributed by atoms with van der Waals surface area (Å²) < 4.78 is 29.0. The van der Waals surface area contributed by atoms with Crippen molar-refractivity contribution in [2.75, 3.05) is 24.7 Å². The van der Waals surface area contributed by atoms with Crippen molar-refractivity contribution in [3.8, 4) is 11.5 Å². The Morgan fingerprint density at radius 1 is 1.52 bits per heavy atom. The number of hydrogen-bond donors (Lipinski definition) is 1. The highest BCUT2D eigenvalue weighted by Crippen LogP contribution is 2.26. The van der Waals surface area contributed by atoms with Gasteiger partial charge in [0.2, 0.25) is 15.9 Å². The number of nitrogens with zero attached hydrogens (tertiary/aromatic N) is 2. The monoisotopic (exact) mass is 327 g/mol. The summed E-state index contributed by atoms with van der Waals surface area (Å²) in [5, 5.41) is 4.97. The lowest BCUT2D eigenvalue weighted by molar-refractivity contribution is -0.122. The lowest BCUT2D eigenvalue weighted by Gasteiger charge is -2.35. The molecule has 0 saturated carbocycles. The maximum atomic E-state index is 12.0. The number of aromatic nitrogens is 1. The molecule has 1 fully saturated rings. The van der Waals surface area contributed by atoms with E-state index >= 15 is 0 Å². The van der Waals surface area contributed by atoms with E-state index in [-0.39, 0.29) is 24.9 Å². The van der Waals surface area contributed by atoms with Crippen LogP contribution in [0.15, 0.2) is 28.2 Å². The zero-order valence-electron chi connectivity index (χ0n) is 11.1. The van der Waals surface area contributed by atoms with E-state index in [0.717, 1.165) is 6.26 Å². The minimum Gasteiger partial charge on any atom is -0.463 e. The van der Waals surface area contributed by atoms with Gasteiger partial charge in [-0.15, -0.1) is 11.3 Å². The van der Waals surface area contributed by atoms with Gasteiger partial charge in [0.05, 0.1) is 18.4 Å². The van der Waals surface area contributed by atoms with Crippen LogP contribution >= 0.6 is 11.3 Å². The molecule has 2 aromatic rings. The molecule has 3 heterocycles. The number of carbonyl (C=O) groups is 1. The molecule has 1 N–H and O–H groups in total. The van der Waals surface area contributed by atoms with Gasteiger partial charge in [-0.3, -0.25) is 4.79 Å². The summed E-state index contributed by atoms with van der Waals surface area (Å²) in [5.74, 6) is 0.101. The van der Waals surface area contributed by atoms with Crippen LogP contribution in [0.25, 0.3) is 11.5 Å². The summed E-state index contributed by atoms with van der Waals surface area (Å²) in [7, 11) is -3.20. The average Bonchev–Trinajstić information content (AvgIpc) is 2.93. The number of furan rings is 1. The van der Waals surface area contributed by atoms with Gasteiger partial charge in [0, 0.05) is 18.5 Å². The standard InChI is InChI=1S/C12H13N3O4S2/c1-21(17,18)15-5-8(6-15)11(16)14-12-13-9(7-20-12)10-3-2-4-19-10/h2-4,7-8H,5-6H2,1H3,(H,13,14,16). The molecule has 0 spiro atoms. The van der Waals surface area contributed by atoms with E-state index in [9.17, 15) is 13.2 Å². The zero-order valence-corrected chi connectivity index (χ0v) is 12.8. The fourth-order valence-electron chi connectivity index (χ4n) is 1.95. The van der Waals surface area contributed by atoms with Gasteiger partial charge < -0.3 is 9.73 Å². The van der Waals surface area contributed by atoms with Crippen LogP contribution in [-0.2, 0) is 14.8 Å². The molecule has 0 bridgehead atoms. The molecular formula is C12H13N3O4S2. The number of anilines is 1. The van der Waals surface area contributed by atoms with E-state index in [1.54, 1.807) is 23.8 Å². The summed E-state index contributed by atoms with van der Waals surface area (Å²) in [5.41, 5.74) is 0.659. The Labute approximate surface area is 125 Å². The summed E-state index contributed by atoms with van der Waals surface area (Å²) in [4.78, 5) is 16.2. The van der Waals surface area contributed by atoms with E-state index in [1.807, 2.05) is 0 Å². The van der Waals surface area contributed by atoms with Crippen molar-refractivity contribution in [2.45, 2.75) is 0 Å². The Bertz CT molecular complexity index is 745. The minimum atomic E-state index is -3.20. The molecule has 0 radical (unpaired) electrons. The van der Waals surface area contributed by atoms with Crippen molar-refractivity contribution in [2.24, 2.45) is 5.92 Å². The maximum absolute atomic E-state index is 12.0. The normalized spacial score (nSPS) is 16.6. The van der Waals surface area contributed by atoms with Crippen molar-refractivity contribution in [3.63, 3.8) is 0 Å². The molecule has 0 aromatic carbocycles. The SMILES string of the molecule is CS(=O)(=O)N1CC(C(=O)Nc2nc(-c3ccco3)cs2)C1. The van der Waals surface area contributed by atoms with Crippen molar-refractivity contribution < 1.29 is 17.6 Å². The Kier molecular flexibility index (Phi) is 3.56. The molecule has 1 aliphatic rings. The van der Waals surface area contributed by atoms with Crippen LogP contribution in [0.1, 0.15) is 0 Å². The largest absolute Gasteiger partial charge is 0.463 e. The van der Waals surface area contributed by atoms with Crippen molar-refractivity contribution >= 4 is 32.4 Å². The maximum Gasteiger partial charge on any atom is 0.231 e. The van der Waals surface area contributed by atoms with Crippen LogP contribution in [0.3, 0.4) is 0 Å². The average molecular weight is 327 g/mol. The number of sulfonamides is 1. The third-order valence-electron chi connectivity index (χ3n) is 3.20. The minimum absolute atomic E-state index is 0.213. The van der Waals surface area contributed by atoms with Crippen molar-refractivity contribution in [1.29, 1.82) is 0 Å². The van der Waals surface area contributed by atoms with E-state index in [4.69, 9.17) is 4.42 Å². The Hall–Kier alpha value is -1.71. The van der Waals surface area contributed by atoms with Gasteiger partial charge >= 0.3 is 0 Å². The van der Waals surface area contributed by atoms with E-state index in [1.165, 1.54) is 15.6 Å². The second-order valence-corrected chi connectivity index (χ2v) is 7.62. The topological polar surface area (TPSA) is 92.5 Å². The van der Waals surface area contributed by atoms with Gasteiger partial charge in [-0.25, -0.2) is 17.7 Å². The third-order valence-corrected chi connectivity index (χ3v) is 5.19. The molecular weight excluding hydrogens is 314 g/mol. The summed E-state index contributed by atoms with van der Waals surface area (Å²) in [6, 6.07) is 3.55. The number of carbonyl (C=O) groups excluding carboxylic acids is 1. The van der Waals surface area contributed by atoms with Gasteiger partial charge in [-0.2, -0.15) is 0 Å². The Balaban J connectivity index is 1.59. The van der Waals surface area contributed by atoms with E-state index in [2.05, 4.69) is 10.3 Å². The highest BCUT2D eigenvalue weighted by molar-refractivity contribution is 7.88. The van der Waals surface area contributed by atoms with Crippen LogP contribution in [0.5, 0.6) is 0 Å². The highest BCUT2D eigenvalue weighted by Gasteiger charge is 2.37. The first-order valence-electron chi connectivity index (χ1n) is 6.19. The van der Waals surface area contributed by atoms with Crippen LogP contribution in [0.4, 0.5) is 5.13 Å². The molecule has 21 heavy (non-hydrogen) atoms. The van der Waals surface area contributed by atoms with Gasteiger partial charge in [0.15, 0.2) is 10.9 Å². The van der Waals surface area contributed by atoms with Gasteiger partial charge in [0.1, 0.15) is 5.69 Å². The number of thiazole rings is 1. The molecule has 112 valence electrons. The molecule has 2 aromatic heterocycles. The van der Waals surface area contributed by atoms with Crippen molar-refractivity contribution in [1.82, 2.24) is 9.29 Å². The quantitative estimate of drug-likeness (QED) is 0.912. The molecule has 1 saturated heterocycles. The summed E-state index contributed by atoms with van der Waals surface area (Å²) >= 11 is 1.30. The van der Waals surface area contributed by atoms with Crippen molar-refractivity contribution in [3.05, 3.63) is 23.8 Å². The first kappa shape index (κ1) is 14.2. The van der Waals surface area contributed by atoms with Crippen LogP contribution < -0.4 is 5.32 Å². The first-order valence-corrected chi connectivity index (χ1v) is 8.91. The number of nitrogens with one attached hydrogen (secondary N) is 1. The first-order chi connectivity index (χ1) is 9.93. The van der Waals surface area contributed by atoms with Gasteiger partial charge in [0.25, 0.3) is 0 Å². The molecule has 0 unspecified atom stereocenters. The number of hydrogen-bond acceptors (Lipinski definition) is 6. The van der Waals surface area contributed by atoms with E-state index in [0.29, 0.717) is 16.6 Å². The molecule has 0 aliphatic carbocycles. The Morgan fingerprint density at radius 3 is 2.90 bits per heavy atom. The lowest BCUT2D eigenvalue weighted by atomic mass is 10.0. The van der Waals surface area contributed by atoms with E-state index < -0.39 is 10.0 Å². The lowest BCUT2D eigenvalue weighted by Crippen LogP contribution is -2.53. The van der Waals surface area contributed by atoms with Crippen LogP contribution in [0, 0.1) is 5.92 Å². The molecule has 1 aliphatic heterocycles. The zero-order chi connectivity index (χ0) is 15.0. The molecule has 3 rings (SSSR count). The molecule has 7 nitrogen and oxygen atoms in total. The van der Waals surface area contributed by atoms with Crippen LogP contribution in [-0.4, -0.2) is 43.0 Å². The predicted octanol–water partition coefficient (Wildman–Crippen LogP) is 1.23. The summed E-state index contributed by atoms with van der Waals surface area (Å²) in [6.45, 7) is 0.447. The smallest absolute Gasteiger partial charge is 0.231 e. The predicted molar refractivity (Wildman–Crippen MR) is 78.4 cm³/mol. The second-order valence-electron chi connectivity index (χ2n) is 4.78. The number of rotatable bonds is 4. The molecule has 9 heteroatoms. The number of amides is 1. The second kappa shape index (κ2) is 5.24. The fraction of sp³-hybridized carbons (Fsp3) is 0.333. The highest BCUT2D eigenvalue weighted by atomic mass is 32.2. The Morgan fingerprint density at radius 2 is 2.29 bits per heavy atom. The van der Waals surface area contributed by atoms with Crippen LogP contribution in [0.2, 0.25) is 0 Å². The molecule has 1 amide bonds. The third kappa shape index (κ3) is 2.99. The fourth-order valence-corrected chi connectivity index (χ4v) is 3.55. The molecule has 0 atom stereocenters.